The van der Waals surface area contributed by atoms with Gasteiger partial charge in [0.25, 0.3) is 10.1 Å². The maximum atomic E-state index is 12.3. The van der Waals surface area contributed by atoms with E-state index in [1.165, 1.54) is 19.3 Å². The monoisotopic (exact) mass is 350 g/mol. The van der Waals surface area contributed by atoms with Crippen LogP contribution in [0.4, 0.5) is 0 Å². The largest absolute Gasteiger partial charge is 1.00 e. The van der Waals surface area contributed by atoms with E-state index in [0.29, 0.717) is 4.90 Å². The smallest absolute Gasteiger partial charge is 1.00 e. The second kappa shape index (κ2) is 13.4. The van der Waals surface area contributed by atoms with Crippen molar-refractivity contribution in [3.63, 3.8) is 0 Å². The molecule has 0 N–H and O–H groups in total. The first-order valence-corrected chi connectivity index (χ1v) is 10.00. The minimum Gasteiger partial charge on any atom is -1.00 e. The Morgan fingerprint density at radius 3 is 2.22 bits per heavy atom. The zero-order chi connectivity index (χ0) is 16.3. The number of rotatable bonds is 12. The number of hydrogen-bond donors (Lipinski definition) is 0. The van der Waals surface area contributed by atoms with E-state index in [2.05, 4.69) is 13.8 Å². The Hall–Kier alpha value is 0.130. The Kier molecular flexibility index (Phi) is 13.5. The molecule has 0 unspecified atom stereocenters. The summed E-state index contributed by atoms with van der Waals surface area (Å²) in [5.41, 5.74) is 0.868. The van der Waals surface area contributed by atoms with Crippen molar-refractivity contribution in [2.75, 3.05) is 6.61 Å². The minimum atomic E-state index is -3.62. The molecule has 0 aromatic heterocycles. The molecule has 0 heterocycles. The Balaban J connectivity index is 0. The van der Waals surface area contributed by atoms with Gasteiger partial charge < -0.3 is 1.43 Å². The molecule has 0 aliphatic heterocycles. The molecule has 0 aliphatic carbocycles. The van der Waals surface area contributed by atoms with Gasteiger partial charge in [0.2, 0.25) is 0 Å². The maximum absolute atomic E-state index is 12.3. The van der Waals surface area contributed by atoms with Gasteiger partial charge in [0, 0.05) is 0 Å². The van der Waals surface area contributed by atoms with E-state index in [0.717, 1.165) is 44.1 Å². The molecule has 128 valence electrons. The summed E-state index contributed by atoms with van der Waals surface area (Å²) in [6, 6.07) is 7.19. The minimum absolute atomic E-state index is 0. The van der Waals surface area contributed by atoms with Gasteiger partial charge in [-0.15, -0.1) is 0 Å². The Morgan fingerprint density at radius 2 is 1.52 bits per heavy atom. The zero-order valence-corrected chi connectivity index (χ0v) is 17.8. The summed E-state index contributed by atoms with van der Waals surface area (Å²) in [4.78, 5) is 0.342. The Labute approximate surface area is 166 Å². The molecule has 0 aliphatic rings. The molecule has 0 saturated heterocycles. The van der Waals surface area contributed by atoms with Crippen molar-refractivity contribution in [1.29, 1.82) is 0 Å². The van der Waals surface area contributed by atoms with E-state index in [1.807, 2.05) is 12.1 Å². The average molecular weight is 351 g/mol. The van der Waals surface area contributed by atoms with Gasteiger partial charge in [-0.1, -0.05) is 70.6 Å². The van der Waals surface area contributed by atoms with Crippen LogP contribution in [-0.2, 0) is 20.7 Å². The standard InChI is InChI=1S/C18H30O3S.Na.H/c1-3-5-7-8-9-12-16-21-22(19,20)18-15-11-10-14-17(18)13-6-4-2;;/h10-11,14-15H,3-9,12-13,16H2,1-2H3;;/q;+1;-1. The van der Waals surface area contributed by atoms with E-state index in [-0.39, 0.29) is 37.6 Å². The third kappa shape index (κ3) is 9.25. The summed E-state index contributed by atoms with van der Waals surface area (Å²) in [6.07, 6.45) is 9.52. The summed E-state index contributed by atoms with van der Waals surface area (Å²) in [5, 5.41) is 0. The van der Waals surface area contributed by atoms with Crippen LogP contribution < -0.4 is 29.6 Å². The van der Waals surface area contributed by atoms with Crippen molar-refractivity contribution >= 4 is 10.1 Å². The second-order valence-corrected chi connectivity index (χ2v) is 7.34. The van der Waals surface area contributed by atoms with Crippen molar-refractivity contribution in [3.8, 4) is 0 Å². The third-order valence-electron chi connectivity index (χ3n) is 3.78. The zero-order valence-electron chi connectivity index (χ0n) is 16.0. The summed E-state index contributed by atoms with van der Waals surface area (Å²) in [7, 11) is -3.62. The van der Waals surface area contributed by atoms with Crippen LogP contribution in [-0.4, -0.2) is 15.0 Å². The number of hydrogen-bond acceptors (Lipinski definition) is 3. The molecule has 0 spiro atoms. The second-order valence-electron chi connectivity index (χ2n) is 5.76. The summed E-state index contributed by atoms with van der Waals surface area (Å²) in [6.45, 7) is 4.58. The average Bonchev–Trinajstić information content (AvgIpc) is 2.52. The predicted molar refractivity (Wildman–Crippen MR) is 92.7 cm³/mol. The van der Waals surface area contributed by atoms with Crippen molar-refractivity contribution in [2.45, 2.75) is 76.5 Å². The van der Waals surface area contributed by atoms with E-state index in [4.69, 9.17) is 4.18 Å². The van der Waals surface area contributed by atoms with Crippen LogP contribution in [0, 0.1) is 0 Å². The van der Waals surface area contributed by atoms with Crippen LogP contribution in [0.5, 0.6) is 0 Å². The molecule has 0 amide bonds. The molecule has 0 atom stereocenters. The van der Waals surface area contributed by atoms with Crippen LogP contribution in [0.3, 0.4) is 0 Å². The van der Waals surface area contributed by atoms with E-state index >= 15 is 0 Å². The van der Waals surface area contributed by atoms with E-state index < -0.39 is 10.1 Å². The van der Waals surface area contributed by atoms with Crippen LogP contribution >= 0.6 is 0 Å². The molecule has 0 saturated carbocycles. The molecule has 1 aromatic carbocycles. The number of benzene rings is 1. The van der Waals surface area contributed by atoms with Crippen LogP contribution in [0.2, 0.25) is 0 Å². The third-order valence-corrected chi connectivity index (χ3v) is 5.19. The van der Waals surface area contributed by atoms with Crippen LogP contribution in [0.25, 0.3) is 0 Å². The molecule has 23 heavy (non-hydrogen) atoms. The molecule has 3 nitrogen and oxygen atoms in total. The number of unbranched alkanes of at least 4 members (excludes halogenated alkanes) is 6. The molecular formula is C18H31NaO3S. The van der Waals surface area contributed by atoms with Gasteiger partial charge in [0.05, 0.1) is 11.5 Å². The first kappa shape index (κ1) is 23.1. The predicted octanol–water partition coefficient (Wildman–Crippen LogP) is 2.21. The van der Waals surface area contributed by atoms with E-state index in [1.54, 1.807) is 12.1 Å². The SMILES string of the molecule is CCCCCCCCOS(=O)(=O)c1ccccc1CCCC.[H-].[Na+]. The van der Waals surface area contributed by atoms with Gasteiger partial charge in [0.1, 0.15) is 0 Å². The van der Waals surface area contributed by atoms with Crippen molar-refractivity contribution in [2.24, 2.45) is 0 Å². The van der Waals surface area contributed by atoms with Gasteiger partial charge in [0.15, 0.2) is 0 Å². The normalized spacial score (nSPS) is 11.2. The number of aryl methyl sites for hydroxylation is 1. The molecule has 0 radical (unpaired) electrons. The quantitative estimate of drug-likeness (QED) is 0.330. The molecule has 0 fully saturated rings. The topological polar surface area (TPSA) is 43.4 Å². The Morgan fingerprint density at radius 1 is 0.913 bits per heavy atom. The summed E-state index contributed by atoms with van der Waals surface area (Å²) >= 11 is 0. The maximum Gasteiger partial charge on any atom is 1.00 e. The van der Waals surface area contributed by atoms with Gasteiger partial charge in [-0.3, -0.25) is 4.18 Å². The molecule has 1 rings (SSSR count). The van der Waals surface area contributed by atoms with Crippen LogP contribution in [0.15, 0.2) is 29.2 Å². The molecular weight excluding hydrogens is 319 g/mol. The van der Waals surface area contributed by atoms with Gasteiger partial charge in [-0.25, -0.2) is 0 Å². The van der Waals surface area contributed by atoms with E-state index in [9.17, 15) is 8.42 Å². The van der Waals surface area contributed by atoms with Crippen molar-refractivity contribution in [1.82, 2.24) is 0 Å². The van der Waals surface area contributed by atoms with Crippen LogP contribution in [0.1, 0.15) is 72.2 Å². The molecule has 1 aromatic rings. The molecule has 5 heteroatoms. The summed E-state index contributed by atoms with van der Waals surface area (Å²) in [5.74, 6) is 0. The first-order valence-electron chi connectivity index (χ1n) is 8.59. The Bertz CT molecular complexity index is 521. The van der Waals surface area contributed by atoms with Gasteiger partial charge in [-0.05, 0) is 30.9 Å². The van der Waals surface area contributed by atoms with Gasteiger partial charge >= 0.3 is 29.6 Å². The fourth-order valence-electron chi connectivity index (χ4n) is 2.44. The van der Waals surface area contributed by atoms with Crippen molar-refractivity contribution in [3.05, 3.63) is 29.8 Å². The molecule has 0 bridgehead atoms. The first-order chi connectivity index (χ1) is 10.6. The fraction of sp³-hybridized carbons (Fsp3) is 0.667. The fourth-order valence-corrected chi connectivity index (χ4v) is 3.64. The van der Waals surface area contributed by atoms with Crippen molar-refractivity contribution < 1.29 is 43.6 Å². The summed E-state index contributed by atoms with van der Waals surface area (Å²) < 4.78 is 29.9. The van der Waals surface area contributed by atoms with Gasteiger partial charge in [-0.2, -0.15) is 8.42 Å².